The number of hydrazine groups is 2. The summed E-state index contributed by atoms with van der Waals surface area (Å²) in [5, 5.41) is 15.7. The minimum atomic E-state index is 0.666. The van der Waals surface area contributed by atoms with Gasteiger partial charge < -0.3 is 14.4 Å². The van der Waals surface area contributed by atoms with Crippen molar-refractivity contribution in [1.82, 2.24) is 20.5 Å². The fourth-order valence-electron chi connectivity index (χ4n) is 5.24. The summed E-state index contributed by atoms with van der Waals surface area (Å²) in [6.45, 7) is 2.92. The van der Waals surface area contributed by atoms with Crippen LogP contribution in [-0.2, 0) is 6.54 Å². The number of benzene rings is 2. The van der Waals surface area contributed by atoms with Gasteiger partial charge in [0, 0.05) is 43.1 Å². The van der Waals surface area contributed by atoms with Gasteiger partial charge in [-0.3, -0.25) is 0 Å². The average molecular weight is 453 g/mol. The number of anilines is 2. The van der Waals surface area contributed by atoms with Crippen molar-refractivity contribution in [2.75, 3.05) is 37.1 Å². The Labute approximate surface area is 199 Å². The number of amidine groups is 1. The van der Waals surface area contributed by atoms with E-state index in [-0.39, 0.29) is 0 Å². The number of rotatable bonds is 3. The van der Waals surface area contributed by atoms with E-state index in [9.17, 15) is 0 Å². The maximum absolute atomic E-state index is 9.12. The van der Waals surface area contributed by atoms with Crippen molar-refractivity contribution in [1.29, 1.82) is 5.26 Å². The Morgan fingerprint density at radius 3 is 2.56 bits per heavy atom. The van der Waals surface area contributed by atoms with E-state index in [1.165, 1.54) is 24.1 Å². The average Bonchev–Trinajstić information content (AvgIpc) is 3.49. The second-order valence-corrected chi connectivity index (χ2v) is 9.42. The Hall–Kier alpha value is -3.80. The number of nitrogens with zero attached hydrogens (tertiary/aromatic N) is 6. The van der Waals surface area contributed by atoms with Crippen LogP contribution in [-0.4, -0.2) is 48.5 Å². The Balaban J connectivity index is 1.34. The molecule has 1 saturated heterocycles. The van der Waals surface area contributed by atoms with Gasteiger partial charge in [0.15, 0.2) is 5.84 Å². The number of nitriles is 1. The number of hydrogen-bond acceptors (Lipinski definition) is 7. The standard InChI is InChI=1S/C26H28N8/c1-31(2)22-9-11-32(12-10-22)23-7-8-24-21(13-23)17-33-16-20(19-5-3-18(15-27)4-6-19)14-25(33)26-28-29-30-34(24)26/h3-8,13-14,16,22,29-30H,9-12,17H2,1-2H3. The Morgan fingerprint density at radius 1 is 1.03 bits per heavy atom. The van der Waals surface area contributed by atoms with Crippen LogP contribution in [0.3, 0.4) is 0 Å². The normalized spacial score (nSPS) is 17.4. The fraction of sp³-hybridized carbons (Fsp3) is 0.308. The smallest absolute Gasteiger partial charge is 0.194 e. The highest BCUT2D eigenvalue weighted by molar-refractivity contribution is 6.10. The van der Waals surface area contributed by atoms with Crippen LogP contribution in [0.5, 0.6) is 0 Å². The van der Waals surface area contributed by atoms with Crippen molar-refractivity contribution < 1.29 is 0 Å². The second-order valence-electron chi connectivity index (χ2n) is 9.42. The number of aromatic nitrogens is 1. The summed E-state index contributed by atoms with van der Waals surface area (Å²) in [5.74, 6) is 0.846. The number of piperidine rings is 1. The number of hydrazone groups is 1. The first kappa shape index (κ1) is 20.8. The third-order valence-corrected chi connectivity index (χ3v) is 7.21. The molecule has 0 radical (unpaired) electrons. The van der Waals surface area contributed by atoms with Crippen LogP contribution < -0.4 is 21.0 Å². The number of fused-ring (bicyclic) bond motifs is 5. The van der Waals surface area contributed by atoms with E-state index in [1.807, 2.05) is 29.3 Å². The van der Waals surface area contributed by atoms with Gasteiger partial charge in [0.1, 0.15) is 0 Å². The predicted molar refractivity (Wildman–Crippen MR) is 134 cm³/mol. The maximum atomic E-state index is 9.12. The molecule has 0 bridgehead atoms. The molecule has 2 N–H and O–H groups in total. The number of nitrogens with one attached hydrogen (secondary N) is 2. The zero-order chi connectivity index (χ0) is 23.2. The second kappa shape index (κ2) is 8.20. The maximum Gasteiger partial charge on any atom is 0.194 e. The van der Waals surface area contributed by atoms with Crippen molar-refractivity contribution in [3.8, 4) is 17.2 Å². The molecule has 0 atom stereocenters. The van der Waals surface area contributed by atoms with E-state index >= 15 is 0 Å². The van der Waals surface area contributed by atoms with Crippen molar-refractivity contribution in [3.05, 3.63) is 71.5 Å². The molecule has 2 aromatic carbocycles. The monoisotopic (exact) mass is 452 g/mol. The molecule has 0 aliphatic carbocycles. The van der Waals surface area contributed by atoms with Crippen LogP contribution in [0.2, 0.25) is 0 Å². The highest BCUT2D eigenvalue weighted by Crippen LogP contribution is 2.34. The molecule has 8 nitrogen and oxygen atoms in total. The van der Waals surface area contributed by atoms with Crippen molar-refractivity contribution in [2.24, 2.45) is 5.10 Å². The summed E-state index contributed by atoms with van der Waals surface area (Å²) in [6.07, 6.45) is 4.56. The van der Waals surface area contributed by atoms with Gasteiger partial charge in [0.25, 0.3) is 0 Å². The third kappa shape index (κ3) is 3.50. The molecule has 0 amide bonds. The lowest BCUT2D eigenvalue weighted by atomic mass is 10.0. The third-order valence-electron chi connectivity index (χ3n) is 7.21. The summed E-state index contributed by atoms with van der Waals surface area (Å²) >= 11 is 0. The molecule has 3 aliphatic heterocycles. The van der Waals surface area contributed by atoms with E-state index in [2.05, 4.69) is 81.2 Å². The van der Waals surface area contributed by atoms with Gasteiger partial charge in [-0.1, -0.05) is 12.1 Å². The molecular weight excluding hydrogens is 424 g/mol. The van der Waals surface area contributed by atoms with Crippen LogP contribution in [0, 0.1) is 11.3 Å². The molecule has 3 aliphatic rings. The lowest BCUT2D eigenvalue weighted by Crippen LogP contribution is -2.42. The van der Waals surface area contributed by atoms with Crippen molar-refractivity contribution in [2.45, 2.75) is 25.4 Å². The van der Waals surface area contributed by atoms with Crippen LogP contribution in [0.4, 0.5) is 11.4 Å². The van der Waals surface area contributed by atoms with E-state index in [1.54, 1.807) is 0 Å². The van der Waals surface area contributed by atoms with Crippen LogP contribution >= 0.6 is 0 Å². The van der Waals surface area contributed by atoms with Crippen molar-refractivity contribution >= 4 is 17.2 Å². The minimum Gasteiger partial charge on any atom is -0.371 e. The Kier molecular flexibility index (Phi) is 5.01. The number of hydrogen-bond donors (Lipinski definition) is 2. The Bertz CT molecular complexity index is 1290. The lowest BCUT2D eigenvalue weighted by molar-refractivity contribution is 0.249. The quantitative estimate of drug-likeness (QED) is 0.636. The van der Waals surface area contributed by atoms with Crippen molar-refractivity contribution in [3.63, 3.8) is 0 Å². The lowest BCUT2D eigenvalue weighted by Gasteiger charge is -2.36. The van der Waals surface area contributed by atoms with Gasteiger partial charge in [-0.05, 0) is 74.5 Å². The van der Waals surface area contributed by atoms with Crippen LogP contribution in [0.15, 0.2) is 59.8 Å². The molecule has 0 spiro atoms. The van der Waals surface area contributed by atoms with E-state index in [0.717, 1.165) is 48.0 Å². The molecule has 8 heteroatoms. The van der Waals surface area contributed by atoms with Gasteiger partial charge in [0.05, 0.1) is 23.0 Å². The topological polar surface area (TPSA) is 74.9 Å². The highest BCUT2D eigenvalue weighted by Gasteiger charge is 2.30. The highest BCUT2D eigenvalue weighted by atomic mass is 15.8. The molecule has 3 aromatic rings. The fourth-order valence-corrected chi connectivity index (χ4v) is 5.24. The Morgan fingerprint density at radius 2 is 1.82 bits per heavy atom. The summed E-state index contributed by atoms with van der Waals surface area (Å²) in [7, 11) is 4.36. The van der Waals surface area contributed by atoms with Gasteiger partial charge in [-0.15, -0.1) is 10.6 Å². The van der Waals surface area contributed by atoms with Gasteiger partial charge in [0.2, 0.25) is 0 Å². The molecule has 6 rings (SSSR count). The molecule has 4 heterocycles. The largest absolute Gasteiger partial charge is 0.371 e. The summed E-state index contributed by atoms with van der Waals surface area (Å²) in [5.41, 5.74) is 13.7. The van der Waals surface area contributed by atoms with Gasteiger partial charge in [-0.2, -0.15) is 5.26 Å². The first-order chi connectivity index (χ1) is 16.6. The first-order valence-corrected chi connectivity index (χ1v) is 11.7. The van der Waals surface area contributed by atoms with E-state index in [0.29, 0.717) is 11.6 Å². The molecule has 172 valence electrons. The van der Waals surface area contributed by atoms with Gasteiger partial charge >= 0.3 is 0 Å². The SMILES string of the molecule is CN(C)C1CCN(c2ccc3c(c2)Cn2cc(-c4ccc(C#N)cc4)cc2C2=NNNN23)CC1. The minimum absolute atomic E-state index is 0.666. The molecule has 34 heavy (non-hydrogen) atoms. The van der Waals surface area contributed by atoms with Crippen LogP contribution in [0.25, 0.3) is 11.1 Å². The predicted octanol–water partition coefficient (Wildman–Crippen LogP) is 3.11. The molecule has 1 aromatic heterocycles. The van der Waals surface area contributed by atoms with E-state index < -0.39 is 0 Å². The zero-order valence-electron chi connectivity index (χ0n) is 19.5. The summed E-state index contributed by atoms with van der Waals surface area (Å²) in [4.78, 5) is 4.86. The summed E-state index contributed by atoms with van der Waals surface area (Å²) in [6, 6.07) is 19.5. The first-order valence-electron chi connectivity index (χ1n) is 11.7. The molecule has 0 saturated carbocycles. The van der Waals surface area contributed by atoms with Gasteiger partial charge in [-0.25, -0.2) is 10.5 Å². The molecule has 1 fully saturated rings. The van der Waals surface area contributed by atoms with E-state index in [4.69, 9.17) is 5.26 Å². The zero-order valence-corrected chi connectivity index (χ0v) is 19.5. The molecular formula is C26H28N8. The van der Waals surface area contributed by atoms with Crippen LogP contribution in [0.1, 0.15) is 29.7 Å². The summed E-state index contributed by atoms with van der Waals surface area (Å²) < 4.78 is 2.27. The molecule has 0 unspecified atom stereocenters.